The molecule has 0 radical (unpaired) electrons. The minimum Gasteiger partial charge on any atom is -0.383 e. The van der Waals surface area contributed by atoms with E-state index in [2.05, 4.69) is 41.5 Å². The Morgan fingerprint density at radius 2 is 2.00 bits per heavy atom. The zero-order valence-corrected chi connectivity index (χ0v) is 12.8. The average molecular weight is 287 g/mol. The lowest BCUT2D eigenvalue weighted by atomic mass is 10.1. The van der Waals surface area contributed by atoms with Crippen molar-refractivity contribution in [2.45, 2.75) is 24.3 Å². The molecule has 0 aliphatic rings. The first kappa shape index (κ1) is 14.9. The predicted molar refractivity (Wildman–Crippen MR) is 87.1 cm³/mol. The Balaban J connectivity index is 1.92. The molecule has 0 aliphatic heterocycles. The van der Waals surface area contributed by atoms with Gasteiger partial charge in [0, 0.05) is 22.9 Å². The zero-order valence-electron chi connectivity index (χ0n) is 12.0. The van der Waals surface area contributed by atoms with Crippen molar-refractivity contribution in [3.05, 3.63) is 53.7 Å². The number of pyridine rings is 1. The summed E-state index contributed by atoms with van der Waals surface area (Å²) in [5, 5.41) is 3.36. The molecule has 1 aromatic carbocycles. The van der Waals surface area contributed by atoms with E-state index < -0.39 is 0 Å². The predicted octanol–water partition coefficient (Wildman–Crippen LogP) is 2.90. The smallest absolute Gasteiger partial charge is 0.126 e. The summed E-state index contributed by atoms with van der Waals surface area (Å²) in [5.74, 6) is 1.64. The van der Waals surface area contributed by atoms with Gasteiger partial charge in [0.15, 0.2) is 0 Å². The number of nitrogen functional groups attached to an aromatic ring is 1. The van der Waals surface area contributed by atoms with Crippen molar-refractivity contribution in [3.8, 4) is 0 Å². The standard InChI is InChI=1S/C16H21N3S/c1-12-5-7-15(8-6-12)20-11-14(18-2)10-13-4-3-9-19-16(13)17/h3-9,14,18H,10-11H2,1-2H3,(H2,17,19). The second-order valence-corrected chi connectivity index (χ2v) is 5.95. The Morgan fingerprint density at radius 1 is 1.25 bits per heavy atom. The van der Waals surface area contributed by atoms with Gasteiger partial charge >= 0.3 is 0 Å². The van der Waals surface area contributed by atoms with E-state index in [1.54, 1.807) is 6.20 Å². The third-order valence-corrected chi connectivity index (χ3v) is 4.45. The van der Waals surface area contributed by atoms with Crippen LogP contribution in [0, 0.1) is 6.92 Å². The van der Waals surface area contributed by atoms with Crippen LogP contribution in [-0.4, -0.2) is 23.8 Å². The maximum absolute atomic E-state index is 5.90. The molecule has 1 aromatic heterocycles. The zero-order chi connectivity index (χ0) is 14.4. The first-order chi connectivity index (χ1) is 9.69. The number of nitrogens with two attached hydrogens (primary N) is 1. The van der Waals surface area contributed by atoms with Gasteiger partial charge in [-0.2, -0.15) is 0 Å². The largest absolute Gasteiger partial charge is 0.383 e. The molecule has 3 N–H and O–H groups in total. The Morgan fingerprint density at radius 3 is 2.65 bits per heavy atom. The van der Waals surface area contributed by atoms with Gasteiger partial charge in [-0.3, -0.25) is 0 Å². The number of hydrogen-bond donors (Lipinski definition) is 2. The first-order valence-electron chi connectivity index (χ1n) is 6.75. The topological polar surface area (TPSA) is 50.9 Å². The van der Waals surface area contributed by atoms with Gasteiger partial charge < -0.3 is 11.1 Å². The minimum absolute atomic E-state index is 0.382. The number of benzene rings is 1. The molecule has 3 nitrogen and oxygen atoms in total. The fraction of sp³-hybridized carbons (Fsp3) is 0.312. The van der Waals surface area contributed by atoms with Crippen LogP contribution in [0.5, 0.6) is 0 Å². The van der Waals surface area contributed by atoms with Gasteiger partial charge in [-0.05, 0) is 44.2 Å². The van der Waals surface area contributed by atoms with Crippen molar-refractivity contribution in [2.75, 3.05) is 18.5 Å². The second kappa shape index (κ2) is 7.31. The van der Waals surface area contributed by atoms with Crippen molar-refractivity contribution >= 4 is 17.6 Å². The summed E-state index contributed by atoms with van der Waals surface area (Å²) < 4.78 is 0. The number of nitrogens with one attached hydrogen (secondary N) is 1. The molecule has 1 atom stereocenters. The number of aryl methyl sites for hydroxylation is 1. The number of aromatic nitrogens is 1. The number of likely N-dealkylation sites (N-methyl/N-ethyl adjacent to an activating group) is 1. The fourth-order valence-corrected chi connectivity index (χ4v) is 2.97. The van der Waals surface area contributed by atoms with Crippen molar-refractivity contribution in [2.24, 2.45) is 0 Å². The molecule has 1 unspecified atom stereocenters. The van der Waals surface area contributed by atoms with Crippen LogP contribution in [0.3, 0.4) is 0 Å². The highest BCUT2D eigenvalue weighted by atomic mass is 32.2. The van der Waals surface area contributed by atoms with Crippen LogP contribution in [0.1, 0.15) is 11.1 Å². The SMILES string of the molecule is CNC(CSc1ccc(C)cc1)Cc1cccnc1N. The quantitative estimate of drug-likeness (QED) is 0.802. The lowest BCUT2D eigenvalue weighted by molar-refractivity contribution is 0.617. The molecule has 0 bridgehead atoms. The molecule has 0 saturated heterocycles. The highest BCUT2D eigenvalue weighted by Crippen LogP contribution is 2.21. The van der Waals surface area contributed by atoms with Crippen LogP contribution in [0.4, 0.5) is 5.82 Å². The van der Waals surface area contributed by atoms with Gasteiger partial charge in [-0.1, -0.05) is 23.8 Å². The van der Waals surface area contributed by atoms with Gasteiger partial charge in [-0.15, -0.1) is 11.8 Å². The molecule has 0 amide bonds. The first-order valence-corrected chi connectivity index (χ1v) is 7.73. The Labute approximate surface area is 125 Å². The highest BCUT2D eigenvalue weighted by molar-refractivity contribution is 7.99. The maximum Gasteiger partial charge on any atom is 0.126 e. The van der Waals surface area contributed by atoms with Crippen LogP contribution in [0.2, 0.25) is 0 Å². The summed E-state index contributed by atoms with van der Waals surface area (Å²) in [6, 6.07) is 13.0. The number of nitrogens with zero attached hydrogens (tertiary/aromatic N) is 1. The third-order valence-electron chi connectivity index (χ3n) is 3.27. The molecule has 0 spiro atoms. The Hall–Kier alpha value is -1.52. The lowest BCUT2D eigenvalue weighted by Gasteiger charge is -2.16. The number of thioether (sulfide) groups is 1. The third kappa shape index (κ3) is 4.25. The molecule has 20 heavy (non-hydrogen) atoms. The maximum atomic E-state index is 5.90. The summed E-state index contributed by atoms with van der Waals surface area (Å²) in [6.07, 6.45) is 2.63. The number of anilines is 1. The van der Waals surface area contributed by atoms with E-state index in [0.29, 0.717) is 11.9 Å². The number of hydrogen-bond acceptors (Lipinski definition) is 4. The van der Waals surface area contributed by atoms with Crippen molar-refractivity contribution in [1.29, 1.82) is 0 Å². The molecule has 2 aromatic rings. The van der Waals surface area contributed by atoms with E-state index in [9.17, 15) is 0 Å². The molecule has 0 saturated carbocycles. The lowest BCUT2D eigenvalue weighted by Crippen LogP contribution is -2.30. The van der Waals surface area contributed by atoms with Crippen LogP contribution >= 0.6 is 11.8 Å². The van der Waals surface area contributed by atoms with Crippen molar-refractivity contribution < 1.29 is 0 Å². The van der Waals surface area contributed by atoms with Crippen LogP contribution in [0.25, 0.3) is 0 Å². The molecular weight excluding hydrogens is 266 g/mol. The van der Waals surface area contributed by atoms with E-state index >= 15 is 0 Å². The molecule has 2 rings (SSSR count). The Kier molecular flexibility index (Phi) is 5.44. The van der Waals surface area contributed by atoms with E-state index in [1.165, 1.54) is 10.5 Å². The molecule has 1 heterocycles. The monoisotopic (exact) mass is 287 g/mol. The summed E-state index contributed by atoms with van der Waals surface area (Å²) in [4.78, 5) is 5.44. The van der Waals surface area contributed by atoms with E-state index in [0.717, 1.165) is 17.7 Å². The van der Waals surface area contributed by atoms with E-state index in [1.807, 2.05) is 30.9 Å². The second-order valence-electron chi connectivity index (χ2n) is 4.86. The minimum atomic E-state index is 0.382. The highest BCUT2D eigenvalue weighted by Gasteiger charge is 2.10. The van der Waals surface area contributed by atoms with Gasteiger partial charge in [0.2, 0.25) is 0 Å². The van der Waals surface area contributed by atoms with E-state index in [-0.39, 0.29) is 0 Å². The van der Waals surface area contributed by atoms with Gasteiger partial charge in [0.25, 0.3) is 0 Å². The van der Waals surface area contributed by atoms with Crippen molar-refractivity contribution in [3.63, 3.8) is 0 Å². The average Bonchev–Trinajstić information content (AvgIpc) is 2.47. The normalized spacial score (nSPS) is 12.3. The van der Waals surface area contributed by atoms with Crippen LogP contribution < -0.4 is 11.1 Å². The summed E-state index contributed by atoms with van der Waals surface area (Å²) in [6.45, 7) is 2.11. The fourth-order valence-electron chi connectivity index (χ4n) is 1.96. The van der Waals surface area contributed by atoms with Crippen molar-refractivity contribution in [1.82, 2.24) is 10.3 Å². The van der Waals surface area contributed by atoms with Gasteiger partial charge in [0.05, 0.1) is 0 Å². The summed E-state index contributed by atoms with van der Waals surface area (Å²) >= 11 is 1.86. The molecule has 106 valence electrons. The molecular formula is C16H21N3S. The molecule has 0 aliphatic carbocycles. The summed E-state index contributed by atoms with van der Waals surface area (Å²) in [5.41, 5.74) is 8.30. The van der Waals surface area contributed by atoms with Crippen LogP contribution in [0.15, 0.2) is 47.5 Å². The van der Waals surface area contributed by atoms with E-state index in [4.69, 9.17) is 5.73 Å². The van der Waals surface area contributed by atoms with Crippen LogP contribution in [-0.2, 0) is 6.42 Å². The summed E-state index contributed by atoms with van der Waals surface area (Å²) in [7, 11) is 1.99. The van der Waals surface area contributed by atoms with Gasteiger partial charge in [0.1, 0.15) is 5.82 Å². The Bertz CT molecular complexity index is 540. The molecule has 0 fully saturated rings. The van der Waals surface area contributed by atoms with Gasteiger partial charge in [-0.25, -0.2) is 4.98 Å². The molecule has 4 heteroatoms. The number of rotatable bonds is 6.